The highest BCUT2D eigenvalue weighted by molar-refractivity contribution is 5.89. The highest BCUT2D eigenvalue weighted by Gasteiger charge is 2.54. The average molecular weight is 919 g/mol. The van der Waals surface area contributed by atoms with E-state index in [-0.39, 0.29) is 22.5 Å². The first-order valence-corrected chi connectivity index (χ1v) is 19.9. The molecule has 4 aromatic rings. The number of hydrogen-bond donors (Lipinski definition) is 13. The summed E-state index contributed by atoms with van der Waals surface area (Å²) in [6, 6.07) is 13.2. The van der Waals surface area contributed by atoms with E-state index in [0.29, 0.717) is 0 Å². The van der Waals surface area contributed by atoms with Crippen molar-refractivity contribution in [1.82, 2.24) is 0 Å². The second-order valence-electron chi connectivity index (χ2n) is 15.4. The molecule has 0 saturated carbocycles. The van der Waals surface area contributed by atoms with Gasteiger partial charge in [0, 0.05) is 23.3 Å². The van der Waals surface area contributed by atoms with Gasteiger partial charge in [-0.1, -0.05) is 30.3 Å². The van der Waals surface area contributed by atoms with Gasteiger partial charge >= 0.3 is 5.97 Å². The molecule has 13 N–H and O–H groups in total. The van der Waals surface area contributed by atoms with Crippen LogP contribution in [-0.2, 0) is 33.2 Å². The molecule has 3 aromatic carbocycles. The van der Waals surface area contributed by atoms with Crippen LogP contribution in [0.15, 0.2) is 76.0 Å². The minimum Gasteiger partial charge on any atom is -0.507 e. The SMILES string of the molecule is C[C@@H]1O[C@@H](O[C@@H]2[C@@H](O)[C@H](Oc3cc(O)c4c(=O)c(O)c(-c5ccc(O)c(O)c5)oc4c3)O[C@H](CO)[C@H]2O)[C@H](O[C@@H]2O[C@H](COC(=O)C=C(O)c3ccccc3)[C@@H](O)[C@H](O)[C@H]2O)[C@H](O)[C@H]1O. The second-order valence-corrected chi connectivity index (χ2v) is 15.4. The number of fused-ring (bicyclic) bond motifs is 1. The van der Waals surface area contributed by atoms with E-state index in [0.717, 1.165) is 30.3 Å². The van der Waals surface area contributed by atoms with Crippen LogP contribution in [0.5, 0.6) is 28.7 Å². The number of esters is 1. The minimum atomic E-state index is -2.06. The fraction of sp³-hybridized carbons (Fsp3) is 0.429. The molecule has 0 unspecified atom stereocenters. The number of carbonyl (C=O) groups excluding carboxylic acids is 1. The van der Waals surface area contributed by atoms with Gasteiger partial charge in [0.25, 0.3) is 0 Å². The lowest BCUT2D eigenvalue weighted by atomic mass is 9.96. The van der Waals surface area contributed by atoms with Gasteiger partial charge in [-0.3, -0.25) is 4.79 Å². The molecule has 15 atom stereocenters. The Bertz CT molecular complexity index is 2410. The quantitative estimate of drug-likeness (QED) is 0.0325. The molecular formula is C42H46O23. The van der Waals surface area contributed by atoms with Crippen molar-refractivity contribution >= 4 is 22.7 Å². The number of hydrogen-bond acceptors (Lipinski definition) is 23. The highest BCUT2D eigenvalue weighted by atomic mass is 16.8. The van der Waals surface area contributed by atoms with Gasteiger partial charge in [-0.25, -0.2) is 4.79 Å². The number of aliphatic hydroxyl groups is 9. The first-order valence-electron chi connectivity index (χ1n) is 19.9. The van der Waals surface area contributed by atoms with E-state index in [2.05, 4.69) is 0 Å². The number of rotatable bonds is 12. The summed E-state index contributed by atoms with van der Waals surface area (Å²) < 4.78 is 45.3. The van der Waals surface area contributed by atoms with Crippen molar-refractivity contribution in [3.8, 4) is 40.1 Å². The fourth-order valence-corrected chi connectivity index (χ4v) is 7.38. The molecule has 3 aliphatic heterocycles. The zero-order valence-corrected chi connectivity index (χ0v) is 33.8. The van der Waals surface area contributed by atoms with Gasteiger partial charge < -0.3 is 104 Å². The van der Waals surface area contributed by atoms with Gasteiger partial charge in [-0.05, 0) is 25.1 Å². The summed E-state index contributed by atoms with van der Waals surface area (Å²) in [5.41, 5.74) is -1.25. The van der Waals surface area contributed by atoms with Crippen molar-refractivity contribution in [2.45, 2.75) is 99.0 Å². The Morgan fingerprint density at radius 2 is 1.38 bits per heavy atom. The van der Waals surface area contributed by atoms with E-state index in [1.54, 1.807) is 18.2 Å². The van der Waals surface area contributed by atoms with Gasteiger partial charge in [-0.2, -0.15) is 0 Å². The summed E-state index contributed by atoms with van der Waals surface area (Å²) in [5, 5.41) is 138. The third-order valence-electron chi connectivity index (χ3n) is 11.0. The van der Waals surface area contributed by atoms with Crippen molar-refractivity contribution in [2.24, 2.45) is 0 Å². The predicted octanol–water partition coefficient (Wildman–Crippen LogP) is -1.71. The normalized spacial score (nSPS) is 33.1. The Morgan fingerprint density at radius 3 is 2.08 bits per heavy atom. The van der Waals surface area contributed by atoms with E-state index < -0.39 is 157 Å². The van der Waals surface area contributed by atoms with Crippen LogP contribution < -0.4 is 10.2 Å². The molecule has 4 heterocycles. The van der Waals surface area contributed by atoms with Crippen LogP contribution in [0.25, 0.3) is 28.1 Å². The van der Waals surface area contributed by atoms with Crippen LogP contribution in [0, 0.1) is 0 Å². The van der Waals surface area contributed by atoms with Crippen LogP contribution in [0.4, 0.5) is 0 Å². The zero-order chi connectivity index (χ0) is 47.0. The molecule has 65 heavy (non-hydrogen) atoms. The van der Waals surface area contributed by atoms with Gasteiger partial charge in [0.1, 0.15) is 102 Å². The maximum atomic E-state index is 13.1. The zero-order valence-electron chi connectivity index (χ0n) is 33.8. The molecule has 0 aliphatic carbocycles. The molecule has 3 aliphatic rings. The Morgan fingerprint density at radius 1 is 0.692 bits per heavy atom. The van der Waals surface area contributed by atoms with Crippen molar-refractivity contribution in [3.05, 3.63) is 82.5 Å². The highest BCUT2D eigenvalue weighted by Crippen LogP contribution is 2.39. The molecule has 3 fully saturated rings. The summed E-state index contributed by atoms with van der Waals surface area (Å²) in [4.78, 5) is 25.6. The number of phenols is 3. The summed E-state index contributed by atoms with van der Waals surface area (Å²) in [5.74, 6) is -5.20. The molecule has 23 heteroatoms. The molecule has 0 spiro atoms. The van der Waals surface area contributed by atoms with Gasteiger partial charge in [0.15, 0.2) is 29.8 Å². The summed E-state index contributed by atoms with van der Waals surface area (Å²) in [6.07, 6.45) is -26.7. The van der Waals surface area contributed by atoms with Crippen molar-refractivity contribution in [3.63, 3.8) is 0 Å². The Kier molecular flexibility index (Phi) is 14.2. The molecule has 352 valence electrons. The number of benzene rings is 3. The summed E-state index contributed by atoms with van der Waals surface area (Å²) >= 11 is 0. The molecular weight excluding hydrogens is 872 g/mol. The largest absolute Gasteiger partial charge is 0.507 e. The van der Waals surface area contributed by atoms with E-state index in [1.165, 1.54) is 25.1 Å². The van der Waals surface area contributed by atoms with Crippen molar-refractivity contribution in [1.29, 1.82) is 0 Å². The maximum Gasteiger partial charge on any atom is 0.334 e. The number of carbonyl (C=O) groups is 1. The first-order chi connectivity index (χ1) is 30.9. The number of phenolic OH excluding ortho intramolecular Hbond substituents is 3. The monoisotopic (exact) mass is 918 g/mol. The third kappa shape index (κ3) is 9.68. The lowest BCUT2D eigenvalue weighted by Crippen LogP contribution is -2.66. The van der Waals surface area contributed by atoms with E-state index in [4.69, 9.17) is 37.6 Å². The Hall–Kier alpha value is -5.64. The third-order valence-corrected chi connectivity index (χ3v) is 11.0. The maximum absolute atomic E-state index is 13.1. The molecule has 0 amide bonds. The van der Waals surface area contributed by atoms with Crippen LogP contribution in [-0.4, -0.2) is 178 Å². The van der Waals surface area contributed by atoms with Crippen LogP contribution in [0.1, 0.15) is 12.5 Å². The average Bonchev–Trinajstić information content (AvgIpc) is 3.28. The molecule has 1 aromatic heterocycles. The molecule has 7 rings (SSSR count). The van der Waals surface area contributed by atoms with Crippen LogP contribution in [0.3, 0.4) is 0 Å². The van der Waals surface area contributed by atoms with Crippen LogP contribution >= 0.6 is 0 Å². The lowest BCUT2D eigenvalue weighted by Gasteiger charge is -2.48. The van der Waals surface area contributed by atoms with Crippen molar-refractivity contribution in [2.75, 3.05) is 13.2 Å². The summed E-state index contributed by atoms with van der Waals surface area (Å²) in [6.45, 7) is -0.351. The smallest absolute Gasteiger partial charge is 0.334 e. The summed E-state index contributed by atoms with van der Waals surface area (Å²) in [7, 11) is 0. The Labute approximate surface area is 365 Å². The first kappa shape index (κ1) is 47.3. The number of ether oxygens (including phenoxy) is 7. The van der Waals surface area contributed by atoms with Crippen LogP contribution in [0.2, 0.25) is 0 Å². The van der Waals surface area contributed by atoms with Crippen molar-refractivity contribution < 1.29 is 109 Å². The lowest BCUT2D eigenvalue weighted by molar-refractivity contribution is -0.384. The number of aromatic hydroxyl groups is 4. The second kappa shape index (κ2) is 19.4. The molecule has 23 nitrogen and oxygen atoms in total. The van der Waals surface area contributed by atoms with Gasteiger partial charge in [0.05, 0.1) is 18.8 Å². The van der Waals surface area contributed by atoms with E-state index in [1.807, 2.05) is 0 Å². The van der Waals surface area contributed by atoms with Gasteiger partial charge in [-0.15, -0.1) is 0 Å². The van der Waals surface area contributed by atoms with E-state index >= 15 is 0 Å². The van der Waals surface area contributed by atoms with Gasteiger partial charge in [0.2, 0.25) is 17.5 Å². The molecule has 3 saturated heterocycles. The minimum absolute atomic E-state index is 0.0547. The predicted molar refractivity (Wildman–Crippen MR) is 214 cm³/mol. The number of aliphatic hydroxyl groups excluding tert-OH is 9. The molecule has 0 bridgehead atoms. The fourth-order valence-electron chi connectivity index (χ4n) is 7.38. The standard InChI is InChI=1S/C42H46O23/c1-15-28(49)33(54)39(65-40-35(56)32(53)29(50)25(63-40)14-58-26(48)12-20(45)16-5-3-2-4-6-16)42(59-15)64-38-30(51)24(13-43)62-41(36(38)57)60-18-10-22(47)27-23(11-18)61-37(34(55)31(27)52)17-7-8-19(44)21(46)9-17/h2-12,15,24-25,28-30,32-33,35-36,38-47,49-51,53-57H,13-14H2,1H3/t15-,24+,25+,28-,29+,30+,32-,33+,35+,36+,38-,39+,40-,41+,42-/m0/s1. The molecule has 0 radical (unpaired) electrons. The Balaban J connectivity index is 1.10. The van der Waals surface area contributed by atoms with E-state index in [9.17, 15) is 76.0 Å². The topological polar surface area (TPSA) is 375 Å².